The fourth-order valence-electron chi connectivity index (χ4n) is 2.08. The summed E-state index contributed by atoms with van der Waals surface area (Å²) in [4.78, 5) is 19.3. The molecule has 0 radical (unpaired) electrons. The lowest BCUT2D eigenvalue weighted by Crippen LogP contribution is -2.15. The number of halogens is 2. The standard InChI is InChI=1S/C15H14Cl2N4O2/c16-9-3-4-10(17)12(5-9)19-13-6-11(8-1-2-8)20-15(21-13)18-7-14(22)23/h3-6,8H,1-2,7H2,(H,22,23)(H2,18,19,20,21). The number of carboxylic acids is 1. The Balaban J connectivity index is 1.87. The Morgan fingerprint density at radius 3 is 2.74 bits per heavy atom. The van der Waals surface area contributed by atoms with Crippen LogP contribution in [-0.4, -0.2) is 27.6 Å². The molecule has 1 saturated carbocycles. The normalized spacial score (nSPS) is 13.7. The van der Waals surface area contributed by atoms with Crippen molar-refractivity contribution < 1.29 is 9.90 Å². The maximum absolute atomic E-state index is 10.7. The molecule has 1 aromatic heterocycles. The molecule has 120 valence electrons. The van der Waals surface area contributed by atoms with Gasteiger partial charge in [0, 0.05) is 17.0 Å². The van der Waals surface area contributed by atoms with E-state index in [-0.39, 0.29) is 12.5 Å². The van der Waals surface area contributed by atoms with Gasteiger partial charge in [0.05, 0.1) is 16.4 Å². The van der Waals surface area contributed by atoms with Gasteiger partial charge in [0.15, 0.2) is 0 Å². The van der Waals surface area contributed by atoms with Crippen molar-refractivity contribution in [3.8, 4) is 0 Å². The first-order valence-electron chi connectivity index (χ1n) is 7.08. The molecule has 1 aliphatic carbocycles. The molecule has 23 heavy (non-hydrogen) atoms. The first kappa shape index (κ1) is 15.8. The fourth-order valence-corrected chi connectivity index (χ4v) is 2.42. The zero-order valence-electron chi connectivity index (χ0n) is 12.0. The van der Waals surface area contributed by atoms with Crippen molar-refractivity contribution in [1.82, 2.24) is 9.97 Å². The minimum Gasteiger partial charge on any atom is -0.480 e. The van der Waals surface area contributed by atoms with E-state index in [2.05, 4.69) is 20.6 Å². The third-order valence-electron chi connectivity index (χ3n) is 3.33. The molecule has 0 saturated heterocycles. The predicted octanol–water partition coefficient (Wildman–Crippen LogP) is 3.90. The van der Waals surface area contributed by atoms with Crippen LogP contribution in [-0.2, 0) is 4.79 Å². The summed E-state index contributed by atoms with van der Waals surface area (Å²) in [7, 11) is 0. The van der Waals surface area contributed by atoms with Crippen LogP contribution in [0.4, 0.5) is 17.5 Å². The highest BCUT2D eigenvalue weighted by molar-refractivity contribution is 6.35. The highest BCUT2D eigenvalue weighted by Crippen LogP contribution is 2.40. The van der Waals surface area contributed by atoms with Crippen LogP contribution >= 0.6 is 23.2 Å². The number of hydrogen-bond acceptors (Lipinski definition) is 5. The van der Waals surface area contributed by atoms with E-state index in [0.29, 0.717) is 27.5 Å². The van der Waals surface area contributed by atoms with E-state index in [9.17, 15) is 4.79 Å². The molecule has 3 rings (SSSR count). The predicted molar refractivity (Wildman–Crippen MR) is 89.9 cm³/mol. The lowest BCUT2D eigenvalue weighted by atomic mass is 10.2. The van der Waals surface area contributed by atoms with Gasteiger partial charge in [-0.1, -0.05) is 23.2 Å². The zero-order valence-corrected chi connectivity index (χ0v) is 13.5. The molecule has 8 heteroatoms. The molecule has 1 heterocycles. The van der Waals surface area contributed by atoms with Gasteiger partial charge in [-0.2, -0.15) is 4.98 Å². The van der Waals surface area contributed by atoms with Crippen LogP contribution in [0, 0.1) is 0 Å². The largest absolute Gasteiger partial charge is 0.480 e. The monoisotopic (exact) mass is 352 g/mol. The van der Waals surface area contributed by atoms with Gasteiger partial charge in [-0.25, -0.2) is 4.98 Å². The summed E-state index contributed by atoms with van der Waals surface area (Å²) in [5.41, 5.74) is 1.51. The summed E-state index contributed by atoms with van der Waals surface area (Å²) in [6, 6.07) is 6.94. The van der Waals surface area contributed by atoms with Gasteiger partial charge in [0.25, 0.3) is 0 Å². The maximum Gasteiger partial charge on any atom is 0.322 e. The molecular formula is C15H14Cl2N4O2. The third kappa shape index (κ3) is 4.24. The van der Waals surface area contributed by atoms with Crippen molar-refractivity contribution in [2.45, 2.75) is 18.8 Å². The smallest absolute Gasteiger partial charge is 0.322 e. The number of hydrogen-bond donors (Lipinski definition) is 3. The van der Waals surface area contributed by atoms with Crippen LogP contribution in [0.15, 0.2) is 24.3 Å². The van der Waals surface area contributed by atoms with Gasteiger partial charge in [-0.3, -0.25) is 4.79 Å². The van der Waals surface area contributed by atoms with E-state index in [1.165, 1.54) is 0 Å². The van der Waals surface area contributed by atoms with Crippen LogP contribution in [0.25, 0.3) is 0 Å². The number of nitrogens with zero attached hydrogens (tertiary/aromatic N) is 2. The van der Waals surface area contributed by atoms with Crippen molar-refractivity contribution in [3.63, 3.8) is 0 Å². The Labute approximate surface area is 142 Å². The number of nitrogens with one attached hydrogen (secondary N) is 2. The molecule has 3 N–H and O–H groups in total. The Hall–Kier alpha value is -2.05. The minimum atomic E-state index is -0.974. The number of rotatable bonds is 6. The Morgan fingerprint density at radius 2 is 2.04 bits per heavy atom. The first-order chi connectivity index (χ1) is 11.0. The minimum absolute atomic E-state index is 0.245. The fraction of sp³-hybridized carbons (Fsp3) is 0.267. The quantitative estimate of drug-likeness (QED) is 0.730. The second-order valence-corrected chi connectivity index (χ2v) is 6.12. The molecule has 6 nitrogen and oxygen atoms in total. The number of carboxylic acid groups (broad SMARTS) is 1. The summed E-state index contributed by atoms with van der Waals surface area (Å²) in [6.07, 6.45) is 2.15. The SMILES string of the molecule is O=C(O)CNc1nc(Nc2cc(Cl)ccc2Cl)cc(C2CC2)n1. The molecule has 0 spiro atoms. The topological polar surface area (TPSA) is 87.1 Å². The Bertz CT molecular complexity index is 750. The van der Waals surface area contributed by atoms with Crippen LogP contribution in [0.1, 0.15) is 24.5 Å². The average molecular weight is 353 g/mol. The highest BCUT2D eigenvalue weighted by atomic mass is 35.5. The van der Waals surface area contributed by atoms with Crippen molar-refractivity contribution in [2.75, 3.05) is 17.2 Å². The summed E-state index contributed by atoms with van der Waals surface area (Å²) < 4.78 is 0. The average Bonchev–Trinajstić information content (AvgIpc) is 3.33. The van der Waals surface area contributed by atoms with Crippen molar-refractivity contribution in [2.24, 2.45) is 0 Å². The molecular weight excluding hydrogens is 339 g/mol. The number of carbonyl (C=O) groups is 1. The molecule has 0 amide bonds. The zero-order chi connectivity index (χ0) is 16.4. The number of anilines is 3. The molecule has 0 bridgehead atoms. The molecule has 1 aromatic carbocycles. The van der Waals surface area contributed by atoms with Crippen LogP contribution in [0.3, 0.4) is 0 Å². The van der Waals surface area contributed by atoms with E-state index in [0.717, 1.165) is 18.5 Å². The van der Waals surface area contributed by atoms with Crippen molar-refractivity contribution >= 4 is 46.6 Å². The molecule has 0 atom stereocenters. The summed E-state index contributed by atoms with van der Waals surface area (Å²) in [5, 5.41) is 15.6. The van der Waals surface area contributed by atoms with Crippen molar-refractivity contribution in [1.29, 1.82) is 0 Å². The number of benzene rings is 1. The number of aliphatic carboxylic acids is 1. The number of aromatic nitrogens is 2. The first-order valence-corrected chi connectivity index (χ1v) is 7.83. The summed E-state index contributed by atoms with van der Waals surface area (Å²) in [6.45, 7) is -0.245. The Kier molecular flexibility index (Phi) is 4.54. The molecule has 1 fully saturated rings. The van der Waals surface area contributed by atoms with E-state index >= 15 is 0 Å². The molecule has 2 aromatic rings. The van der Waals surface area contributed by atoms with Crippen LogP contribution in [0.2, 0.25) is 10.0 Å². The molecule has 0 aliphatic heterocycles. The van der Waals surface area contributed by atoms with E-state index in [1.54, 1.807) is 18.2 Å². The second kappa shape index (κ2) is 6.60. The van der Waals surface area contributed by atoms with Crippen LogP contribution in [0.5, 0.6) is 0 Å². The van der Waals surface area contributed by atoms with Gasteiger partial charge < -0.3 is 15.7 Å². The highest BCUT2D eigenvalue weighted by Gasteiger charge is 2.26. The van der Waals surface area contributed by atoms with E-state index < -0.39 is 5.97 Å². The van der Waals surface area contributed by atoms with Gasteiger partial charge in [0.1, 0.15) is 12.4 Å². The van der Waals surface area contributed by atoms with Gasteiger partial charge in [-0.15, -0.1) is 0 Å². The van der Waals surface area contributed by atoms with Gasteiger partial charge in [-0.05, 0) is 31.0 Å². The van der Waals surface area contributed by atoms with Crippen molar-refractivity contribution in [3.05, 3.63) is 40.0 Å². The van der Waals surface area contributed by atoms with Gasteiger partial charge >= 0.3 is 5.97 Å². The van der Waals surface area contributed by atoms with E-state index in [1.807, 2.05) is 6.07 Å². The maximum atomic E-state index is 10.7. The van der Waals surface area contributed by atoms with Gasteiger partial charge in [0.2, 0.25) is 5.95 Å². The lowest BCUT2D eigenvalue weighted by molar-refractivity contribution is -0.134. The van der Waals surface area contributed by atoms with E-state index in [4.69, 9.17) is 28.3 Å². The summed E-state index contributed by atoms with van der Waals surface area (Å²) >= 11 is 12.1. The molecule has 0 unspecified atom stereocenters. The molecule has 1 aliphatic rings. The lowest BCUT2D eigenvalue weighted by Gasteiger charge is -2.11. The second-order valence-electron chi connectivity index (χ2n) is 5.27. The Morgan fingerprint density at radius 1 is 1.26 bits per heavy atom. The third-order valence-corrected chi connectivity index (χ3v) is 3.90. The summed E-state index contributed by atoms with van der Waals surface area (Å²) in [5.74, 6) is 0.244. The van der Waals surface area contributed by atoms with Crippen LogP contribution < -0.4 is 10.6 Å².